The number of urea groups is 1. The van der Waals surface area contributed by atoms with Crippen molar-refractivity contribution in [2.24, 2.45) is 5.92 Å². The summed E-state index contributed by atoms with van der Waals surface area (Å²) in [7, 11) is 0. The number of carboxylic acid groups (broad SMARTS) is 1. The van der Waals surface area contributed by atoms with Crippen LogP contribution in [0, 0.1) is 5.92 Å². The molecular formula is C14H17ClN2O4. The molecular weight excluding hydrogens is 296 g/mol. The molecule has 0 aliphatic carbocycles. The summed E-state index contributed by atoms with van der Waals surface area (Å²) in [6.45, 7) is 2.76. The Morgan fingerprint density at radius 3 is 2.71 bits per heavy atom. The molecule has 2 rings (SSSR count). The van der Waals surface area contributed by atoms with Crippen LogP contribution >= 0.6 is 11.6 Å². The number of hydrogen-bond donors (Lipinski definition) is 3. The number of amides is 2. The van der Waals surface area contributed by atoms with Crippen molar-refractivity contribution in [3.05, 3.63) is 28.8 Å². The summed E-state index contributed by atoms with van der Waals surface area (Å²) >= 11 is 5.84. The Hall–Kier alpha value is -1.79. The zero-order valence-corrected chi connectivity index (χ0v) is 12.3. The average Bonchev–Trinajstić information content (AvgIpc) is 2.41. The van der Waals surface area contributed by atoms with Gasteiger partial charge in [0.15, 0.2) is 0 Å². The number of aliphatic hydroxyl groups is 1. The molecule has 0 saturated carbocycles. The Balaban J connectivity index is 2.07. The fourth-order valence-corrected chi connectivity index (χ4v) is 2.46. The summed E-state index contributed by atoms with van der Waals surface area (Å²) in [5.74, 6) is -0.950. The van der Waals surface area contributed by atoms with E-state index in [9.17, 15) is 14.7 Å². The van der Waals surface area contributed by atoms with Gasteiger partial charge in [-0.3, -0.25) is 0 Å². The molecule has 2 atom stereocenters. The van der Waals surface area contributed by atoms with Crippen LogP contribution in [0.15, 0.2) is 18.2 Å². The minimum atomic E-state index is -1.12. The highest BCUT2D eigenvalue weighted by molar-refractivity contribution is 6.31. The number of carboxylic acids is 1. The van der Waals surface area contributed by atoms with E-state index in [-0.39, 0.29) is 29.1 Å². The maximum absolute atomic E-state index is 12.1. The van der Waals surface area contributed by atoms with Gasteiger partial charge in [-0.25, -0.2) is 9.59 Å². The first-order chi connectivity index (χ1) is 9.86. The van der Waals surface area contributed by atoms with E-state index >= 15 is 0 Å². The summed E-state index contributed by atoms with van der Waals surface area (Å²) in [5.41, 5.74) is 0.322. The second kappa shape index (κ2) is 6.32. The summed E-state index contributed by atoms with van der Waals surface area (Å²) in [5, 5.41) is 21.6. The lowest BCUT2D eigenvalue weighted by Gasteiger charge is -2.34. The highest BCUT2D eigenvalue weighted by Gasteiger charge is 2.27. The van der Waals surface area contributed by atoms with Gasteiger partial charge in [0.05, 0.1) is 11.7 Å². The second-order valence-electron chi connectivity index (χ2n) is 5.24. The van der Waals surface area contributed by atoms with Crippen molar-refractivity contribution in [2.75, 3.05) is 18.4 Å². The first-order valence-electron chi connectivity index (χ1n) is 6.64. The number of aliphatic hydroxyl groups excluding tert-OH is 1. The number of nitrogens with zero attached hydrogens (tertiary/aromatic N) is 1. The summed E-state index contributed by atoms with van der Waals surface area (Å²) in [6.07, 6.45) is 0.184. The van der Waals surface area contributed by atoms with Gasteiger partial charge >= 0.3 is 12.0 Å². The lowest BCUT2D eigenvalue weighted by molar-refractivity contribution is 0.0464. The Morgan fingerprint density at radius 2 is 2.10 bits per heavy atom. The number of piperidine rings is 1. The first-order valence-corrected chi connectivity index (χ1v) is 7.02. The monoisotopic (exact) mass is 312 g/mol. The first kappa shape index (κ1) is 15.6. The molecule has 1 aliphatic heterocycles. The van der Waals surface area contributed by atoms with E-state index in [4.69, 9.17) is 16.7 Å². The number of halogens is 1. The van der Waals surface area contributed by atoms with Crippen LogP contribution in [-0.2, 0) is 0 Å². The largest absolute Gasteiger partial charge is 0.478 e. The molecule has 1 aromatic carbocycles. The Labute approximate surface area is 127 Å². The molecule has 114 valence electrons. The van der Waals surface area contributed by atoms with Gasteiger partial charge in [-0.2, -0.15) is 0 Å². The van der Waals surface area contributed by atoms with Crippen LogP contribution in [-0.4, -0.2) is 46.3 Å². The van der Waals surface area contributed by atoms with E-state index in [1.807, 2.05) is 6.92 Å². The van der Waals surface area contributed by atoms with Crippen molar-refractivity contribution >= 4 is 29.3 Å². The van der Waals surface area contributed by atoms with E-state index in [0.29, 0.717) is 12.2 Å². The van der Waals surface area contributed by atoms with E-state index in [2.05, 4.69) is 5.32 Å². The predicted octanol–water partition coefficient (Wildman–Crippen LogP) is 2.27. The van der Waals surface area contributed by atoms with Gasteiger partial charge in [0.1, 0.15) is 0 Å². The van der Waals surface area contributed by atoms with Gasteiger partial charge in [-0.05, 0) is 30.5 Å². The molecule has 0 spiro atoms. The highest BCUT2D eigenvalue weighted by atomic mass is 35.5. The number of anilines is 1. The normalized spacial score (nSPS) is 22.0. The number of nitrogens with one attached hydrogen (secondary N) is 1. The van der Waals surface area contributed by atoms with Crippen LogP contribution in [0.25, 0.3) is 0 Å². The van der Waals surface area contributed by atoms with E-state index < -0.39 is 12.1 Å². The van der Waals surface area contributed by atoms with Crippen molar-refractivity contribution in [3.63, 3.8) is 0 Å². The van der Waals surface area contributed by atoms with Crippen molar-refractivity contribution in [1.29, 1.82) is 0 Å². The van der Waals surface area contributed by atoms with Gasteiger partial charge < -0.3 is 20.4 Å². The number of aromatic carboxylic acids is 1. The summed E-state index contributed by atoms with van der Waals surface area (Å²) in [6, 6.07) is 3.76. The predicted molar refractivity (Wildman–Crippen MR) is 78.8 cm³/mol. The van der Waals surface area contributed by atoms with Crippen molar-refractivity contribution < 1.29 is 19.8 Å². The van der Waals surface area contributed by atoms with Crippen molar-refractivity contribution in [1.82, 2.24) is 4.90 Å². The van der Waals surface area contributed by atoms with E-state index in [1.54, 1.807) is 0 Å². The van der Waals surface area contributed by atoms with E-state index in [0.717, 1.165) is 6.42 Å². The van der Waals surface area contributed by atoms with Crippen LogP contribution in [0.4, 0.5) is 10.5 Å². The van der Waals surface area contributed by atoms with Gasteiger partial charge in [-0.15, -0.1) is 0 Å². The summed E-state index contributed by atoms with van der Waals surface area (Å²) < 4.78 is 0. The third-order valence-electron chi connectivity index (χ3n) is 3.60. The minimum absolute atomic E-state index is 0.00472. The topological polar surface area (TPSA) is 89.9 Å². The molecule has 0 aromatic heterocycles. The lowest BCUT2D eigenvalue weighted by Crippen LogP contribution is -2.47. The molecule has 2 unspecified atom stereocenters. The maximum atomic E-state index is 12.1. The van der Waals surface area contributed by atoms with Crippen LogP contribution < -0.4 is 5.32 Å². The van der Waals surface area contributed by atoms with Crippen LogP contribution in [0.1, 0.15) is 23.7 Å². The Morgan fingerprint density at radius 1 is 1.38 bits per heavy atom. The molecule has 21 heavy (non-hydrogen) atoms. The molecule has 3 N–H and O–H groups in total. The number of rotatable bonds is 2. The molecule has 1 aliphatic rings. The van der Waals surface area contributed by atoms with E-state index in [1.165, 1.54) is 23.1 Å². The number of β-amino-alcohol motifs (C(OH)–C–C–N with tert-alkyl or cyclic N) is 1. The van der Waals surface area contributed by atoms with Gasteiger partial charge in [0, 0.05) is 23.8 Å². The summed E-state index contributed by atoms with van der Waals surface area (Å²) in [4.78, 5) is 24.6. The molecule has 7 heteroatoms. The van der Waals surface area contributed by atoms with Crippen molar-refractivity contribution in [2.45, 2.75) is 19.4 Å². The molecule has 1 fully saturated rings. The molecule has 0 bridgehead atoms. The standard InChI is InChI=1S/C14H17ClN2O4/c1-8-2-3-17(7-12(8)18)14(21)16-11-5-9(13(19)20)4-10(15)6-11/h4-6,8,12,18H,2-3,7H2,1H3,(H,16,21)(H,19,20). The van der Waals surface area contributed by atoms with Gasteiger partial charge in [0.2, 0.25) is 0 Å². The molecule has 0 radical (unpaired) electrons. The minimum Gasteiger partial charge on any atom is -0.478 e. The molecule has 1 heterocycles. The number of carbonyl (C=O) groups is 2. The van der Waals surface area contributed by atoms with Crippen LogP contribution in [0.3, 0.4) is 0 Å². The molecule has 1 saturated heterocycles. The number of benzene rings is 1. The highest BCUT2D eigenvalue weighted by Crippen LogP contribution is 2.21. The van der Waals surface area contributed by atoms with Crippen LogP contribution in [0.5, 0.6) is 0 Å². The fourth-order valence-electron chi connectivity index (χ4n) is 2.22. The maximum Gasteiger partial charge on any atom is 0.335 e. The van der Waals surface area contributed by atoms with Crippen molar-refractivity contribution in [3.8, 4) is 0 Å². The third kappa shape index (κ3) is 3.86. The molecule has 1 aromatic rings. The zero-order chi connectivity index (χ0) is 15.6. The Bertz CT molecular complexity index is 564. The lowest BCUT2D eigenvalue weighted by atomic mass is 9.96. The van der Waals surface area contributed by atoms with Gasteiger partial charge in [-0.1, -0.05) is 18.5 Å². The van der Waals surface area contributed by atoms with Gasteiger partial charge in [0.25, 0.3) is 0 Å². The number of likely N-dealkylation sites (tertiary alicyclic amines) is 1. The molecule has 6 nitrogen and oxygen atoms in total. The quantitative estimate of drug-likeness (QED) is 0.781. The number of carbonyl (C=O) groups excluding carboxylic acids is 1. The Kier molecular flexibility index (Phi) is 4.69. The molecule has 2 amide bonds. The SMILES string of the molecule is CC1CCN(C(=O)Nc2cc(Cl)cc(C(=O)O)c2)CC1O. The second-order valence-corrected chi connectivity index (χ2v) is 5.68. The fraction of sp³-hybridized carbons (Fsp3) is 0.429. The third-order valence-corrected chi connectivity index (χ3v) is 3.82. The van der Waals surface area contributed by atoms with Crippen LogP contribution in [0.2, 0.25) is 5.02 Å². The average molecular weight is 313 g/mol. The smallest absolute Gasteiger partial charge is 0.335 e. The number of hydrogen-bond acceptors (Lipinski definition) is 3. The zero-order valence-electron chi connectivity index (χ0n) is 11.5.